The van der Waals surface area contributed by atoms with Crippen molar-refractivity contribution in [2.75, 3.05) is 5.73 Å². The van der Waals surface area contributed by atoms with Crippen molar-refractivity contribution in [1.29, 1.82) is 0 Å². The number of anilines is 1. The van der Waals surface area contributed by atoms with Crippen LogP contribution in [0.4, 0.5) is 5.82 Å². The number of aryl methyl sites for hydroxylation is 1. The van der Waals surface area contributed by atoms with Gasteiger partial charge in [0.25, 0.3) is 0 Å². The van der Waals surface area contributed by atoms with Crippen molar-refractivity contribution in [2.45, 2.75) is 12.8 Å². The number of fused-ring (bicyclic) bond motifs is 2. The highest BCUT2D eigenvalue weighted by atomic mass is 32.1. The zero-order valence-corrected chi connectivity index (χ0v) is 19.6. The molecular weight excluding hydrogens is 458 g/mol. The van der Waals surface area contributed by atoms with E-state index in [0.717, 1.165) is 28.2 Å². The SMILES string of the molecule is Cc1nn(-c2ccccc2)c2c1C(c1ccc(O)cc1)c1c(nc(=S)n(-c3ccccc3)c1N)O2. The van der Waals surface area contributed by atoms with Gasteiger partial charge in [-0.05, 0) is 61.1 Å². The van der Waals surface area contributed by atoms with Gasteiger partial charge in [-0.25, -0.2) is 4.68 Å². The quantitative estimate of drug-likeness (QED) is 0.318. The molecule has 7 nitrogen and oxygen atoms in total. The number of benzene rings is 3. The van der Waals surface area contributed by atoms with Crippen LogP contribution in [-0.4, -0.2) is 24.4 Å². The maximum atomic E-state index is 9.94. The molecule has 3 N–H and O–H groups in total. The predicted molar refractivity (Wildman–Crippen MR) is 136 cm³/mol. The summed E-state index contributed by atoms with van der Waals surface area (Å²) in [6.45, 7) is 1.95. The molecule has 2 aromatic heterocycles. The average Bonchev–Trinajstić information content (AvgIpc) is 3.20. The van der Waals surface area contributed by atoms with Crippen molar-refractivity contribution in [3.63, 3.8) is 0 Å². The van der Waals surface area contributed by atoms with Gasteiger partial charge >= 0.3 is 0 Å². The van der Waals surface area contributed by atoms with Gasteiger partial charge in [-0.3, -0.25) is 4.57 Å². The first kappa shape index (κ1) is 21.1. The van der Waals surface area contributed by atoms with Gasteiger partial charge in [-0.2, -0.15) is 10.1 Å². The first-order valence-corrected chi connectivity index (χ1v) is 11.5. The second-order valence-electron chi connectivity index (χ2n) is 8.35. The van der Waals surface area contributed by atoms with Gasteiger partial charge in [0.2, 0.25) is 16.5 Å². The monoisotopic (exact) mass is 479 g/mol. The minimum absolute atomic E-state index is 0.185. The molecule has 0 saturated heterocycles. The zero-order chi connectivity index (χ0) is 24.1. The molecule has 0 aliphatic carbocycles. The molecule has 0 amide bonds. The lowest BCUT2D eigenvalue weighted by atomic mass is 9.84. The van der Waals surface area contributed by atoms with E-state index in [1.165, 1.54) is 0 Å². The number of hydrogen-bond acceptors (Lipinski definition) is 6. The summed E-state index contributed by atoms with van der Waals surface area (Å²) in [4.78, 5) is 4.67. The second kappa shape index (κ2) is 8.11. The van der Waals surface area contributed by atoms with E-state index < -0.39 is 0 Å². The van der Waals surface area contributed by atoms with Crippen LogP contribution in [0, 0.1) is 11.7 Å². The lowest BCUT2D eigenvalue weighted by Crippen LogP contribution is -2.20. The van der Waals surface area contributed by atoms with E-state index in [9.17, 15) is 5.11 Å². The Morgan fingerprint density at radius 2 is 1.51 bits per heavy atom. The molecule has 8 heteroatoms. The fourth-order valence-corrected chi connectivity index (χ4v) is 4.92. The molecule has 3 heterocycles. The molecule has 0 fully saturated rings. The first-order valence-electron chi connectivity index (χ1n) is 11.1. The summed E-state index contributed by atoms with van der Waals surface area (Å²) in [5, 5.41) is 14.8. The number of phenols is 1. The summed E-state index contributed by atoms with van der Waals surface area (Å²) >= 11 is 5.65. The molecule has 0 saturated carbocycles. The Morgan fingerprint density at radius 1 is 0.886 bits per heavy atom. The van der Waals surface area contributed by atoms with Crippen LogP contribution in [0.15, 0.2) is 84.9 Å². The van der Waals surface area contributed by atoms with Crippen LogP contribution < -0.4 is 10.5 Å². The number of ether oxygens (including phenoxy) is 1. The molecule has 1 aliphatic heterocycles. The molecule has 1 atom stereocenters. The molecule has 35 heavy (non-hydrogen) atoms. The normalized spacial score (nSPS) is 14.1. The Hall–Kier alpha value is -4.43. The van der Waals surface area contributed by atoms with Crippen molar-refractivity contribution in [3.05, 3.63) is 112 Å². The first-order chi connectivity index (χ1) is 17.0. The number of nitrogens with zero attached hydrogens (tertiary/aromatic N) is 4. The summed E-state index contributed by atoms with van der Waals surface area (Å²) in [5.41, 5.74) is 11.8. The fraction of sp³-hybridized carbons (Fsp3) is 0.0741. The minimum atomic E-state index is -0.329. The highest BCUT2D eigenvalue weighted by Gasteiger charge is 2.38. The van der Waals surface area contributed by atoms with E-state index in [-0.39, 0.29) is 11.7 Å². The number of hydrogen-bond donors (Lipinski definition) is 2. The molecule has 1 unspecified atom stereocenters. The van der Waals surface area contributed by atoms with E-state index in [1.54, 1.807) is 21.4 Å². The highest BCUT2D eigenvalue weighted by molar-refractivity contribution is 7.71. The Labute approximate surface area is 206 Å². The molecule has 172 valence electrons. The number of aromatic hydroxyl groups is 1. The number of para-hydroxylation sites is 2. The van der Waals surface area contributed by atoms with Crippen LogP contribution in [0.25, 0.3) is 11.4 Å². The molecular formula is C27H21N5O2S. The van der Waals surface area contributed by atoms with E-state index in [1.807, 2.05) is 79.7 Å². The maximum absolute atomic E-state index is 9.94. The number of nitrogen functional groups attached to an aromatic ring is 1. The van der Waals surface area contributed by atoms with Crippen LogP contribution in [0.5, 0.6) is 17.5 Å². The van der Waals surface area contributed by atoms with Gasteiger partial charge in [0.1, 0.15) is 11.6 Å². The lowest BCUT2D eigenvalue weighted by molar-refractivity contribution is 0.401. The minimum Gasteiger partial charge on any atom is -0.508 e. The van der Waals surface area contributed by atoms with Crippen molar-refractivity contribution < 1.29 is 9.84 Å². The molecule has 0 spiro atoms. The highest BCUT2D eigenvalue weighted by Crippen LogP contribution is 2.50. The van der Waals surface area contributed by atoms with E-state index in [4.69, 9.17) is 27.8 Å². The van der Waals surface area contributed by atoms with E-state index in [0.29, 0.717) is 27.9 Å². The second-order valence-corrected chi connectivity index (χ2v) is 8.71. The zero-order valence-electron chi connectivity index (χ0n) is 18.8. The summed E-state index contributed by atoms with van der Waals surface area (Å²) in [6, 6.07) is 26.5. The summed E-state index contributed by atoms with van der Waals surface area (Å²) < 4.78 is 10.2. The van der Waals surface area contributed by atoms with Gasteiger partial charge in [0.15, 0.2) is 0 Å². The Morgan fingerprint density at radius 3 is 2.17 bits per heavy atom. The number of nitrogens with two attached hydrogens (primary N) is 1. The number of aromatic nitrogens is 4. The van der Waals surface area contributed by atoms with Crippen LogP contribution in [0.2, 0.25) is 0 Å². The summed E-state index contributed by atoms with van der Waals surface area (Å²) in [5.74, 6) is 1.22. The van der Waals surface area contributed by atoms with E-state index >= 15 is 0 Å². The smallest absolute Gasteiger partial charge is 0.231 e. The summed E-state index contributed by atoms with van der Waals surface area (Å²) in [6.07, 6.45) is 0. The molecule has 3 aromatic carbocycles. The van der Waals surface area contributed by atoms with Gasteiger partial charge in [0.05, 0.1) is 28.4 Å². The topological polar surface area (TPSA) is 91.1 Å². The third-order valence-corrected chi connectivity index (χ3v) is 6.48. The largest absolute Gasteiger partial charge is 0.508 e. The van der Waals surface area contributed by atoms with E-state index in [2.05, 4.69) is 4.98 Å². The van der Waals surface area contributed by atoms with Crippen molar-refractivity contribution >= 4 is 18.0 Å². The van der Waals surface area contributed by atoms with Crippen LogP contribution in [-0.2, 0) is 0 Å². The van der Waals surface area contributed by atoms with Crippen LogP contribution in [0.3, 0.4) is 0 Å². The molecule has 6 rings (SSSR count). The van der Waals surface area contributed by atoms with Crippen molar-refractivity contribution in [1.82, 2.24) is 19.3 Å². The van der Waals surface area contributed by atoms with Crippen LogP contribution >= 0.6 is 12.2 Å². The van der Waals surface area contributed by atoms with Gasteiger partial charge in [-0.15, -0.1) is 0 Å². The third kappa shape index (κ3) is 3.38. The van der Waals surface area contributed by atoms with Crippen molar-refractivity contribution in [3.8, 4) is 28.9 Å². The molecule has 0 radical (unpaired) electrons. The number of phenolic OH excluding ortho intramolecular Hbond substituents is 1. The molecule has 0 bridgehead atoms. The lowest BCUT2D eigenvalue weighted by Gasteiger charge is -2.29. The summed E-state index contributed by atoms with van der Waals surface area (Å²) in [7, 11) is 0. The van der Waals surface area contributed by atoms with Crippen LogP contribution in [0.1, 0.15) is 28.3 Å². The Kier molecular flexibility index (Phi) is 4.89. The predicted octanol–water partition coefficient (Wildman–Crippen LogP) is 5.67. The number of rotatable bonds is 3. The van der Waals surface area contributed by atoms with Gasteiger partial charge in [0, 0.05) is 5.69 Å². The maximum Gasteiger partial charge on any atom is 0.231 e. The fourth-order valence-electron chi connectivity index (χ4n) is 4.63. The molecule has 5 aromatic rings. The Balaban J connectivity index is 1.65. The standard InChI is InChI=1S/C27H21N5O2S/c1-16-21-22(17-12-14-20(33)15-13-17)23-24(28)31(18-8-4-2-5-9-18)27(35)29-25(23)34-26(21)32(30-16)19-10-6-3-7-11-19/h2-15,22,33H,28H2,1H3. The van der Waals surface area contributed by atoms with Crippen molar-refractivity contribution in [2.24, 2.45) is 0 Å². The Bertz CT molecular complexity index is 1610. The third-order valence-electron chi connectivity index (χ3n) is 6.21. The van der Waals surface area contributed by atoms with Gasteiger partial charge < -0.3 is 15.6 Å². The molecule has 1 aliphatic rings. The average molecular weight is 480 g/mol. The van der Waals surface area contributed by atoms with Gasteiger partial charge in [-0.1, -0.05) is 48.5 Å².